The van der Waals surface area contributed by atoms with Crippen LogP contribution in [0.3, 0.4) is 0 Å². The van der Waals surface area contributed by atoms with Crippen LogP contribution < -0.4 is 0 Å². The number of amides is 1. The molecule has 0 spiro atoms. The van der Waals surface area contributed by atoms with E-state index in [-0.39, 0.29) is 5.91 Å². The minimum absolute atomic E-state index is 0.117. The summed E-state index contributed by atoms with van der Waals surface area (Å²) >= 11 is 4.07. The Kier molecular flexibility index (Phi) is 3.91. The standard InChI is InChI=1S/C13H17N3OS/c1-15(13(17)5-6-18)8-10-3-4-12-11(7-10)14-9-16(12)2/h3-4,7,9,18H,5-6,8H2,1-2H3. The molecule has 18 heavy (non-hydrogen) atoms. The quantitative estimate of drug-likeness (QED) is 0.855. The van der Waals surface area contributed by atoms with E-state index in [9.17, 15) is 4.79 Å². The van der Waals surface area contributed by atoms with Crippen molar-refractivity contribution < 1.29 is 4.79 Å². The van der Waals surface area contributed by atoms with Gasteiger partial charge in [-0.2, -0.15) is 12.6 Å². The lowest BCUT2D eigenvalue weighted by Crippen LogP contribution is -2.26. The van der Waals surface area contributed by atoms with Gasteiger partial charge in [-0.3, -0.25) is 4.79 Å². The van der Waals surface area contributed by atoms with E-state index in [2.05, 4.69) is 17.6 Å². The molecule has 0 bridgehead atoms. The summed E-state index contributed by atoms with van der Waals surface area (Å²) in [6.45, 7) is 0.610. The highest BCUT2D eigenvalue weighted by atomic mass is 32.1. The van der Waals surface area contributed by atoms with Crippen LogP contribution in [0.15, 0.2) is 24.5 Å². The summed E-state index contributed by atoms with van der Waals surface area (Å²) in [7, 11) is 3.78. The predicted molar refractivity (Wildman–Crippen MR) is 75.7 cm³/mol. The molecule has 0 radical (unpaired) electrons. The number of imidazole rings is 1. The molecular weight excluding hydrogens is 246 g/mol. The van der Waals surface area contributed by atoms with Crippen molar-refractivity contribution in [3.05, 3.63) is 30.1 Å². The molecule has 0 aliphatic rings. The molecule has 4 nitrogen and oxygen atoms in total. The third-order valence-electron chi connectivity index (χ3n) is 2.96. The molecule has 0 unspecified atom stereocenters. The smallest absolute Gasteiger partial charge is 0.223 e. The van der Waals surface area contributed by atoms with Crippen LogP contribution in [0.1, 0.15) is 12.0 Å². The minimum atomic E-state index is 0.117. The summed E-state index contributed by atoms with van der Waals surface area (Å²) in [5.74, 6) is 0.703. The molecule has 2 rings (SSSR count). The van der Waals surface area contributed by atoms with Gasteiger partial charge in [0.1, 0.15) is 0 Å². The average molecular weight is 263 g/mol. The van der Waals surface area contributed by atoms with E-state index in [0.717, 1.165) is 16.6 Å². The van der Waals surface area contributed by atoms with Crippen LogP contribution in [-0.4, -0.2) is 33.2 Å². The number of aromatic nitrogens is 2. The first kappa shape index (κ1) is 13.0. The summed E-state index contributed by atoms with van der Waals surface area (Å²) in [4.78, 5) is 17.7. The molecule has 0 aliphatic carbocycles. The zero-order valence-corrected chi connectivity index (χ0v) is 11.5. The van der Waals surface area contributed by atoms with Crippen molar-refractivity contribution in [2.24, 2.45) is 7.05 Å². The Morgan fingerprint density at radius 1 is 1.50 bits per heavy atom. The van der Waals surface area contributed by atoms with E-state index < -0.39 is 0 Å². The number of benzene rings is 1. The van der Waals surface area contributed by atoms with Crippen molar-refractivity contribution in [3.8, 4) is 0 Å². The van der Waals surface area contributed by atoms with Gasteiger partial charge in [-0.25, -0.2) is 4.98 Å². The van der Waals surface area contributed by atoms with Crippen molar-refractivity contribution >= 4 is 29.6 Å². The van der Waals surface area contributed by atoms with Crippen molar-refractivity contribution in [3.63, 3.8) is 0 Å². The number of nitrogens with zero attached hydrogens (tertiary/aromatic N) is 3. The first-order valence-corrected chi connectivity index (χ1v) is 6.50. The molecule has 0 N–H and O–H groups in total. The summed E-state index contributed by atoms with van der Waals surface area (Å²) < 4.78 is 1.98. The number of carbonyl (C=O) groups excluding carboxylic acids is 1. The number of aryl methyl sites for hydroxylation is 1. The Morgan fingerprint density at radius 3 is 3.00 bits per heavy atom. The lowest BCUT2D eigenvalue weighted by Gasteiger charge is -2.16. The average Bonchev–Trinajstić information content (AvgIpc) is 2.71. The maximum atomic E-state index is 11.7. The number of thiol groups is 1. The molecule has 1 aromatic heterocycles. The van der Waals surface area contributed by atoms with E-state index in [0.29, 0.717) is 18.7 Å². The number of rotatable bonds is 4. The number of hydrogen-bond donors (Lipinski definition) is 1. The van der Waals surface area contributed by atoms with Gasteiger partial charge in [-0.15, -0.1) is 0 Å². The first-order chi connectivity index (χ1) is 8.61. The normalized spacial score (nSPS) is 10.8. The number of fused-ring (bicyclic) bond motifs is 1. The molecule has 1 heterocycles. The molecule has 0 atom stereocenters. The lowest BCUT2D eigenvalue weighted by atomic mass is 10.2. The highest BCUT2D eigenvalue weighted by Gasteiger charge is 2.09. The van der Waals surface area contributed by atoms with Gasteiger partial charge in [0.25, 0.3) is 0 Å². The second kappa shape index (κ2) is 5.44. The topological polar surface area (TPSA) is 38.1 Å². The first-order valence-electron chi connectivity index (χ1n) is 5.86. The molecule has 0 saturated carbocycles. The van der Waals surface area contributed by atoms with E-state index in [1.807, 2.05) is 36.9 Å². The van der Waals surface area contributed by atoms with Gasteiger partial charge in [0.05, 0.1) is 17.4 Å². The summed E-state index contributed by atoms with van der Waals surface area (Å²) in [5.41, 5.74) is 3.16. The van der Waals surface area contributed by atoms with Gasteiger partial charge in [0.2, 0.25) is 5.91 Å². The SMILES string of the molecule is CN(Cc1ccc2c(c1)ncn2C)C(=O)CCS. The number of carbonyl (C=O) groups is 1. The molecule has 2 aromatic rings. The fourth-order valence-corrected chi connectivity index (χ4v) is 2.12. The molecule has 0 aliphatic heterocycles. The van der Waals surface area contributed by atoms with Crippen LogP contribution >= 0.6 is 12.6 Å². The maximum absolute atomic E-state index is 11.7. The Hall–Kier alpha value is -1.49. The van der Waals surface area contributed by atoms with Gasteiger partial charge in [0, 0.05) is 27.1 Å². The van der Waals surface area contributed by atoms with Crippen molar-refractivity contribution in [1.82, 2.24) is 14.5 Å². The van der Waals surface area contributed by atoms with E-state index in [4.69, 9.17) is 0 Å². The van der Waals surface area contributed by atoms with Crippen LogP contribution in [0.5, 0.6) is 0 Å². The van der Waals surface area contributed by atoms with Crippen LogP contribution in [0, 0.1) is 0 Å². The van der Waals surface area contributed by atoms with E-state index in [1.54, 1.807) is 11.2 Å². The predicted octanol–water partition coefficient (Wildman–Crippen LogP) is 1.85. The lowest BCUT2D eigenvalue weighted by molar-refractivity contribution is -0.129. The summed E-state index contributed by atoms with van der Waals surface area (Å²) in [6.07, 6.45) is 2.27. The highest BCUT2D eigenvalue weighted by molar-refractivity contribution is 7.80. The van der Waals surface area contributed by atoms with Gasteiger partial charge in [-0.05, 0) is 23.4 Å². The molecule has 0 saturated heterocycles. The zero-order chi connectivity index (χ0) is 13.1. The molecule has 1 amide bonds. The second-order valence-corrected chi connectivity index (χ2v) is 4.85. The van der Waals surface area contributed by atoms with Gasteiger partial charge < -0.3 is 9.47 Å². The van der Waals surface area contributed by atoms with Crippen LogP contribution in [0.25, 0.3) is 11.0 Å². The third-order valence-corrected chi connectivity index (χ3v) is 3.18. The van der Waals surface area contributed by atoms with Crippen molar-refractivity contribution in [2.75, 3.05) is 12.8 Å². The number of hydrogen-bond acceptors (Lipinski definition) is 3. The largest absolute Gasteiger partial charge is 0.341 e. The Bertz CT molecular complexity index is 564. The van der Waals surface area contributed by atoms with E-state index >= 15 is 0 Å². The Balaban J connectivity index is 2.14. The summed E-state index contributed by atoms with van der Waals surface area (Å²) in [5, 5.41) is 0. The maximum Gasteiger partial charge on any atom is 0.223 e. The van der Waals surface area contributed by atoms with Crippen molar-refractivity contribution in [1.29, 1.82) is 0 Å². The third kappa shape index (κ3) is 2.67. The molecule has 0 fully saturated rings. The van der Waals surface area contributed by atoms with Crippen LogP contribution in [0.4, 0.5) is 0 Å². The molecule has 5 heteroatoms. The van der Waals surface area contributed by atoms with Gasteiger partial charge in [0.15, 0.2) is 0 Å². The minimum Gasteiger partial charge on any atom is -0.341 e. The monoisotopic (exact) mass is 263 g/mol. The van der Waals surface area contributed by atoms with Gasteiger partial charge in [-0.1, -0.05) is 6.07 Å². The fraction of sp³-hybridized carbons (Fsp3) is 0.385. The molecular formula is C13H17N3OS. The van der Waals surface area contributed by atoms with Gasteiger partial charge >= 0.3 is 0 Å². The van der Waals surface area contributed by atoms with Crippen LogP contribution in [0.2, 0.25) is 0 Å². The van der Waals surface area contributed by atoms with E-state index in [1.165, 1.54) is 0 Å². The molecule has 96 valence electrons. The Morgan fingerprint density at radius 2 is 2.28 bits per heavy atom. The zero-order valence-electron chi connectivity index (χ0n) is 10.6. The highest BCUT2D eigenvalue weighted by Crippen LogP contribution is 2.15. The van der Waals surface area contributed by atoms with Crippen molar-refractivity contribution in [2.45, 2.75) is 13.0 Å². The van der Waals surface area contributed by atoms with Crippen LogP contribution in [-0.2, 0) is 18.4 Å². The fourth-order valence-electron chi connectivity index (χ4n) is 1.93. The summed E-state index contributed by atoms with van der Waals surface area (Å²) in [6, 6.07) is 6.10. The second-order valence-electron chi connectivity index (χ2n) is 4.40. The molecule has 1 aromatic carbocycles. The Labute approximate surface area is 112 Å².